The van der Waals surface area contributed by atoms with Crippen molar-refractivity contribution in [1.82, 2.24) is 20.3 Å². The predicted molar refractivity (Wildman–Crippen MR) is 113 cm³/mol. The number of aromatic nitrogens is 1. The first-order chi connectivity index (χ1) is 14.1. The first-order valence-corrected chi connectivity index (χ1v) is 11.7. The minimum absolute atomic E-state index is 0.0933. The number of nitrogens with one attached hydrogen (secondary N) is 1. The molecule has 0 aliphatic carbocycles. The smallest absolute Gasteiger partial charge is 0.193 e. The molecule has 9 heteroatoms. The van der Waals surface area contributed by atoms with Gasteiger partial charge in [-0.05, 0) is 12.0 Å². The molecule has 1 aliphatic heterocycles. The number of guanidine groups is 1. The van der Waals surface area contributed by atoms with Crippen molar-refractivity contribution in [3.8, 4) is 0 Å². The number of piperazine rings is 1. The SMILES string of the molecule is CN=C(NCCCS(=O)(=O)Cc1ccccc1)N1CCN(Cc2ccon2)CC1. The lowest BCUT2D eigenvalue weighted by atomic mass is 10.2. The van der Waals surface area contributed by atoms with Crippen LogP contribution in [0.4, 0.5) is 0 Å². The van der Waals surface area contributed by atoms with Crippen LogP contribution in [0.1, 0.15) is 17.7 Å². The van der Waals surface area contributed by atoms with Crippen LogP contribution >= 0.6 is 0 Å². The Morgan fingerprint density at radius 2 is 1.93 bits per heavy atom. The Kier molecular flexibility index (Phi) is 7.65. The highest BCUT2D eigenvalue weighted by Gasteiger charge is 2.20. The zero-order valence-electron chi connectivity index (χ0n) is 16.8. The van der Waals surface area contributed by atoms with E-state index in [0.717, 1.165) is 49.9 Å². The minimum atomic E-state index is -3.11. The lowest BCUT2D eigenvalue weighted by Crippen LogP contribution is -2.52. The molecule has 1 aromatic heterocycles. The zero-order chi connectivity index (χ0) is 20.5. The fourth-order valence-corrected chi connectivity index (χ4v) is 4.82. The molecule has 0 bridgehead atoms. The molecule has 0 saturated carbocycles. The second-order valence-electron chi connectivity index (χ2n) is 7.16. The number of hydrogen-bond acceptors (Lipinski definition) is 6. The molecule has 1 N–H and O–H groups in total. The summed E-state index contributed by atoms with van der Waals surface area (Å²) >= 11 is 0. The van der Waals surface area contributed by atoms with E-state index in [2.05, 4.69) is 25.3 Å². The van der Waals surface area contributed by atoms with Crippen LogP contribution in [0.25, 0.3) is 0 Å². The predicted octanol–water partition coefficient (Wildman–Crippen LogP) is 1.37. The molecule has 0 unspecified atom stereocenters. The van der Waals surface area contributed by atoms with Crippen molar-refractivity contribution in [3.63, 3.8) is 0 Å². The average molecular weight is 420 g/mol. The van der Waals surface area contributed by atoms with Crippen molar-refractivity contribution in [1.29, 1.82) is 0 Å². The molecule has 29 heavy (non-hydrogen) atoms. The van der Waals surface area contributed by atoms with Crippen molar-refractivity contribution in [2.75, 3.05) is 45.5 Å². The molecule has 0 radical (unpaired) electrons. The third-order valence-electron chi connectivity index (χ3n) is 4.91. The van der Waals surface area contributed by atoms with Gasteiger partial charge >= 0.3 is 0 Å². The Labute approximate surface area is 172 Å². The molecule has 2 aromatic rings. The van der Waals surface area contributed by atoms with Crippen molar-refractivity contribution in [2.24, 2.45) is 4.99 Å². The first kappa shape index (κ1) is 21.3. The number of sulfone groups is 1. The molecule has 158 valence electrons. The monoisotopic (exact) mass is 419 g/mol. The van der Waals surface area contributed by atoms with E-state index in [0.29, 0.717) is 13.0 Å². The van der Waals surface area contributed by atoms with E-state index in [-0.39, 0.29) is 11.5 Å². The highest BCUT2D eigenvalue weighted by molar-refractivity contribution is 7.90. The van der Waals surface area contributed by atoms with Gasteiger partial charge in [-0.15, -0.1) is 0 Å². The van der Waals surface area contributed by atoms with Gasteiger partial charge in [0.1, 0.15) is 6.26 Å². The number of aliphatic imine (C=N–C) groups is 1. The summed E-state index contributed by atoms with van der Waals surface area (Å²) in [5, 5.41) is 7.26. The van der Waals surface area contributed by atoms with Crippen LogP contribution in [0, 0.1) is 0 Å². The van der Waals surface area contributed by atoms with Crippen molar-refractivity contribution < 1.29 is 12.9 Å². The highest BCUT2D eigenvalue weighted by atomic mass is 32.2. The standard InChI is InChI=1S/C20H29N5O3S/c1-21-20(25-12-10-24(11-13-25)16-19-8-14-28-23-19)22-9-5-15-29(26,27)17-18-6-3-2-4-7-18/h2-4,6-8,14H,5,9-13,15-17H2,1H3,(H,21,22). The van der Waals surface area contributed by atoms with E-state index in [1.165, 1.54) is 0 Å². The Balaban J connectivity index is 1.37. The topological polar surface area (TPSA) is 91.0 Å². The molecular weight excluding hydrogens is 390 g/mol. The minimum Gasteiger partial charge on any atom is -0.364 e. The van der Waals surface area contributed by atoms with Crippen LogP contribution in [0.5, 0.6) is 0 Å². The maximum absolute atomic E-state index is 12.3. The third-order valence-corrected chi connectivity index (χ3v) is 6.59. The molecule has 3 rings (SSSR count). The second-order valence-corrected chi connectivity index (χ2v) is 9.34. The second kappa shape index (κ2) is 10.4. The average Bonchev–Trinajstić information content (AvgIpc) is 3.22. The largest absolute Gasteiger partial charge is 0.364 e. The van der Waals surface area contributed by atoms with Gasteiger partial charge in [-0.25, -0.2) is 8.42 Å². The maximum atomic E-state index is 12.3. The Morgan fingerprint density at radius 3 is 2.59 bits per heavy atom. The van der Waals surface area contributed by atoms with Crippen LogP contribution in [-0.4, -0.2) is 74.9 Å². The van der Waals surface area contributed by atoms with E-state index in [1.54, 1.807) is 13.3 Å². The normalized spacial score (nSPS) is 16.2. The van der Waals surface area contributed by atoms with Crippen molar-refractivity contribution in [3.05, 3.63) is 53.9 Å². The summed E-state index contributed by atoms with van der Waals surface area (Å²) in [5.74, 6) is 1.08. The summed E-state index contributed by atoms with van der Waals surface area (Å²) < 4.78 is 29.5. The number of nitrogens with zero attached hydrogens (tertiary/aromatic N) is 4. The van der Waals surface area contributed by atoms with Crippen LogP contribution in [0.2, 0.25) is 0 Å². The molecule has 0 spiro atoms. The summed E-state index contributed by atoms with van der Waals surface area (Å²) in [7, 11) is -1.35. The Bertz CT molecular complexity index is 861. The molecule has 1 aliphatic rings. The number of benzene rings is 1. The van der Waals surface area contributed by atoms with Crippen molar-refractivity contribution in [2.45, 2.75) is 18.7 Å². The van der Waals surface area contributed by atoms with E-state index >= 15 is 0 Å². The summed E-state index contributed by atoms with van der Waals surface area (Å²) in [6, 6.07) is 11.2. The third kappa shape index (κ3) is 6.86. The lowest BCUT2D eigenvalue weighted by Gasteiger charge is -2.36. The Hall–Kier alpha value is -2.39. The van der Waals surface area contributed by atoms with Crippen LogP contribution < -0.4 is 5.32 Å². The summed E-state index contributed by atoms with van der Waals surface area (Å²) in [4.78, 5) is 8.89. The molecule has 0 atom stereocenters. The van der Waals surface area contributed by atoms with Crippen LogP contribution in [0.3, 0.4) is 0 Å². The van der Waals surface area contributed by atoms with E-state index in [9.17, 15) is 8.42 Å². The molecule has 8 nitrogen and oxygen atoms in total. The van der Waals surface area contributed by atoms with E-state index in [1.807, 2.05) is 36.4 Å². The van der Waals surface area contributed by atoms with Gasteiger partial charge in [-0.2, -0.15) is 0 Å². The zero-order valence-corrected chi connectivity index (χ0v) is 17.6. The van der Waals surface area contributed by atoms with E-state index in [4.69, 9.17) is 4.52 Å². The van der Waals surface area contributed by atoms with Gasteiger partial charge in [-0.1, -0.05) is 35.5 Å². The van der Waals surface area contributed by atoms with Crippen LogP contribution in [0.15, 0.2) is 52.2 Å². The summed E-state index contributed by atoms with van der Waals surface area (Å²) in [6.07, 6.45) is 2.15. The molecule has 1 fully saturated rings. The lowest BCUT2D eigenvalue weighted by molar-refractivity contribution is 0.169. The molecular formula is C20H29N5O3S. The highest BCUT2D eigenvalue weighted by Crippen LogP contribution is 2.08. The Morgan fingerprint density at radius 1 is 1.17 bits per heavy atom. The molecule has 1 saturated heterocycles. The summed E-state index contributed by atoms with van der Waals surface area (Å²) in [6.45, 7) is 4.93. The van der Waals surface area contributed by atoms with Gasteiger partial charge in [0.25, 0.3) is 0 Å². The number of hydrogen-bond donors (Lipinski definition) is 1. The maximum Gasteiger partial charge on any atom is 0.193 e. The quantitative estimate of drug-likeness (QED) is 0.393. The van der Waals surface area contributed by atoms with Gasteiger partial charge in [0.15, 0.2) is 15.8 Å². The van der Waals surface area contributed by atoms with E-state index < -0.39 is 9.84 Å². The fraction of sp³-hybridized carbons (Fsp3) is 0.500. The first-order valence-electron chi connectivity index (χ1n) is 9.87. The van der Waals surface area contributed by atoms with Gasteiger partial charge in [-0.3, -0.25) is 9.89 Å². The van der Waals surface area contributed by atoms with Gasteiger partial charge in [0, 0.05) is 52.4 Å². The molecule has 1 aromatic carbocycles. The molecule has 0 amide bonds. The number of rotatable bonds is 8. The van der Waals surface area contributed by atoms with Gasteiger partial charge < -0.3 is 14.7 Å². The van der Waals surface area contributed by atoms with Gasteiger partial charge in [0.05, 0.1) is 17.2 Å². The van der Waals surface area contributed by atoms with Gasteiger partial charge in [0.2, 0.25) is 0 Å². The molecule has 2 heterocycles. The van der Waals surface area contributed by atoms with Crippen molar-refractivity contribution >= 4 is 15.8 Å². The fourth-order valence-electron chi connectivity index (χ4n) is 3.39. The van der Waals surface area contributed by atoms with Crippen LogP contribution in [-0.2, 0) is 22.1 Å². The summed E-state index contributed by atoms with van der Waals surface area (Å²) in [5.41, 5.74) is 1.78.